The van der Waals surface area contributed by atoms with Gasteiger partial charge in [0.1, 0.15) is 5.75 Å². The first kappa shape index (κ1) is 13.0. The monoisotopic (exact) mass is 267 g/mol. The van der Waals surface area contributed by atoms with E-state index in [1.165, 1.54) is 16.8 Å². The van der Waals surface area contributed by atoms with Crippen LogP contribution in [0.4, 0.5) is 5.69 Å². The van der Waals surface area contributed by atoms with E-state index in [0.29, 0.717) is 17.7 Å². The highest BCUT2D eigenvalue weighted by atomic mass is 16.3. The van der Waals surface area contributed by atoms with Gasteiger partial charge >= 0.3 is 0 Å². The highest BCUT2D eigenvalue weighted by Gasteiger charge is 2.25. The molecule has 1 aliphatic rings. The maximum atomic E-state index is 9.93. The molecular weight excluding hydrogens is 246 g/mol. The fourth-order valence-electron chi connectivity index (χ4n) is 3.10. The molecule has 3 rings (SSSR count). The second-order valence-corrected chi connectivity index (χ2v) is 5.82. The normalized spacial score (nSPS) is 17.2. The summed E-state index contributed by atoms with van der Waals surface area (Å²) >= 11 is 0. The van der Waals surface area contributed by atoms with Crippen LogP contribution in [-0.2, 0) is 6.42 Å². The molecule has 0 bridgehead atoms. The Morgan fingerprint density at radius 2 is 1.90 bits per heavy atom. The predicted octanol–water partition coefficient (Wildman–Crippen LogP) is 4.62. The highest BCUT2D eigenvalue weighted by Crippen LogP contribution is 2.39. The quantitative estimate of drug-likeness (QED) is 0.850. The van der Waals surface area contributed by atoms with E-state index >= 15 is 0 Å². The maximum absolute atomic E-state index is 9.93. The Morgan fingerprint density at radius 1 is 1.10 bits per heavy atom. The molecule has 2 nitrogen and oxygen atoms in total. The molecule has 2 aromatic rings. The van der Waals surface area contributed by atoms with Crippen LogP contribution < -0.4 is 5.32 Å². The van der Waals surface area contributed by atoms with Crippen molar-refractivity contribution in [3.63, 3.8) is 0 Å². The van der Waals surface area contributed by atoms with E-state index in [9.17, 15) is 5.11 Å². The molecule has 0 saturated carbocycles. The molecule has 0 heterocycles. The van der Waals surface area contributed by atoms with Crippen LogP contribution in [-0.4, -0.2) is 5.11 Å². The summed E-state index contributed by atoms with van der Waals surface area (Å²) < 4.78 is 0. The molecule has 0 aliphatic heterocycles. The molecule has 2 heteroatoms. The smallest absolute Gasteiger partial charge is 0.119 e. The number of anilines is 1. The fourth-order valence-corrected chi connectivity index (χ4v) is 3.10. The number of rotatable bonds is 3. The topological polar surface area (TPSA) is 32.3 Å². The van der Waals surface area contributed by atoms with E-state index in [2.05, 4.69) is 49.5 Å². The minimum Gasteiger partial charge on any atom is -0.508 e. The molecule has 1 aliphatic carbocycles. The number of hydrogen-bond donors (Lipinski definition) is 2. The molecule has 0 aromatic heterocycles. The number of phenols is 1. The number of fused-ring (bicyclic) bond motifs is 1. The summed E-state index contributed by atoms with van der Waals surface area (Å²) in [5.74, 6) is 0.938. The van der Waals surface area contributed by atoms with Gasteiger partial charge in [0.25, 0.3) is 0 Å². The number of aromatic hydroxyl groups is 1. The Bertz CT molecular complexity index is 619. The van der Waals surface area contributed by atoms with Gasteiger partial charge < -0.3 is 10.4 Å². The van der Waals surface area contributed by atoms with Gasteiger partial charge in [-0.1, -0.05) is 44.2 Å². The summed E-state index contributed by atoms with van der Waals surface area (Å²) in [7, 11) is 0. The molecule has 104 valence electrons. The van der Waals surface area contributed by atoms with E-state index < -0.39 is 0 Å². The minimum absolute atomic E-state index is 0.303. The van der Waals surface area contributed by atoms with E-state index in [1.54, 1.807) is 6.07 Å². The number of benzene rings is 2. The van der Waals surface area contributed by atoms with Gasteiger partial charge in [0.2, 0.25) is 0 Å². The summed E-state index contributed by atoms with van der Waals surface area (Å²) in [5, 5.41) is 13.6. The second kappa shape index (κ2) is 5.20. The molecule has 20 heavy (non-hydrogen) atoms. The molecule has 0 fully saturated rings. The molecule has 1 unspecified atom stereocenters. The van der Waals surface area contributed by atoms with E-state index in [-0.39, 0.29) is 0 Å². The first-order valence-corrected chi connectivity index (χ1v) is 7.33. The minimum atomic E-state index is 0.303. The van der Waals surface area contributed by atoms with Gasteiger partial charge in [-0.15, -0.1) is 0 Å². The van der Waals surface area contributed by atoms with Gasteiger partial charge in [-0.05, 0) is 47.6 Å². The average molecular weight is 267 g/mol. The van der Waals surface area contributed by atoms with Crippen LogP contribution in [0.25, 0.3) is 0 Å². The Morgan fingerprint density at radius 3 is 2.70 bits per heavy atom. The summed E-state index contributed by atoms with van der Waals surface area (Å²) in [6.07, 6.45) is 1.99. The Balaban J connectivity index is 1.90. The first-order chi connectivity index (χ1) is 9.66. The molecule has 1 atom stereocenters. The van der Waals surface area contributed by atoms with Crippen LogP contribution in [0.15, 0.2) is 42.5 Å². The average Bonchev–Trinajstić information content (AvgIpc) is 2.84. The molecule has 2 aromatic carbocycles. The van der Waals surface area contributed by atoms with Gasteiger partial charge in [0.05, 0.1) is 6.04 Å². The number of nitrogens with one attached hydrogen (secondary N) is 1. The Labute approximate surface area is 120 Å². The first-order valence-electron chi connectivity index (χ1n) is 7.33. The van der Waals surface area contributed by atoms with Crippen molar-refractivity contribution in [2.24, 2.45) is 0 Å². The van der Waals surface area contributed by atoms with Crippen molar-refractivity contribution in [3.05, 3.63) is 59.2 Å². The van der Waals surface area contributed by atoms with E-state index in [1.807, 2.05) is 6.07 Å². The zero-order valence-corrected chi connectivity index (χ0v) is 12.1. The lowest BCUT2D eigenvalue weighted by molar-refractivity contribution is 0.469. The van der Waals surface area contributed by atoms with Gasteiger partial charge in [-0.2, -0.15) is 0 Å². The number of phenolic OH excluding ortho intramolecular Hbond substituents is 1. The second-order valence-electron chi connectivity index (χ2n) is 5.82. The summed E-state index contributed by atoms with van der Waals surface area (Å²) in [6, 6.07) is 14.6. The standard InChI is InChI=1S/C18H21NO/c1-12(2)13-6-3-4-8-16(13)19-17-11-10-15-14(17)7-5-9-18(15)20/h3-9,12,17,19-20H,10-11H2,1-2H3. The van der Waals surface area contributed by atoms with E-state index in [0.717, 1.165) is 18.4 Å². The fraction of sp³-hybridized carbons (Fsp3) is 0.333. The van der Waals surface area contributed by atoms with Crippen LogP contribution in [0.3, 0.4) is 0 Å². The zero-order valence-electron chi connectivity index (χ0n) is 12.1. The van der Waals surface area contributed by atoms with Crippen molar-refractivity contribution in [2.75, 3.05) is 5.32 Å². The summed E-state index contributed by atoms with van der Waals surface area (Å²) in [4.78, 5) is 0. The van der Waals surface area contributed by atoms with Crippen LogP contribution in [0.1, 0.15) is 48.9 Å². The van der Waals surface area contributed by atoms with E-state index in [4.69, 9.17) is 0 Å². The van der Waals surface area contributed by atoms with Gasteiger partial charge in [-0.25, -0.2) is 0 Å². The third kappa shape index (κ3) is 2.26. The molecule has 2 N–H and O–H groups in total. The largest absolute Gasteiger partial charge is 0.508 e. The number of hydrogen-bond acceptors (Lipinski definition) is 2. The van der Waals surface area contributed by atoms with Gasteiger partial charge in [-0.3, -0.25) is 0 Å². The van der Waals surface area contributed by atoms with Crippen molar-refractivity contribution >= 4 is 5.69 Å². The lowest BCUT2D eigenvalue weighted by atomic mass is 10.00. The molecule has 0 saturated heterocycles. The SMILES string of the molecule is CC(C)c1ccccc1NC1CCc2c(O)cccc21. The number of para-hydroxylation sites is 1. The van der Waals surface area contributed by atoms with Crippen molar-refractivity contribution < 1.29 is 5.11 Å². The predicted molar refractivity (Wildman–Crippen MR) is 83.3 cm³/mol. The maximum Gasteiger partial charge on any atom is 0.119 e. The summed E-state index contributed by atoms with van der Waals surface area (Å²) in [5.41, 5.74) is 4.90. The van der Waals surface area contributed by atoms with Crippen LogP contribution in [0.2, 0.25) is 0 Å². The van der Waals surface area contributed by atoms with Gasteiger partial charge in [0.15, 0.2) is 0 Å². The molecule has 0 amide bonds. The molecule has 0 radical (unpaired) electrons. The zero-order chi connectivity index (χ0) is 14.1. The van der Waals surface area contributed by atoms with Crippen LogP contribution in [0.5, 0.6) is 5.75 Å². The third-order valence-corrected chi connectivity index (χ3v) is 4.16. The third-order valence-electron chi connectivity index (χ3n) is 4.16. The summed E-state index contributed by atoms with van der Waals surface area (Å²) in [6.45, 7) is 4.43. The molecular formula is C18H21NO. The highest BCUT2D eigenvalue weighted by molar-refractivity contribution is 5.56. The Hall–Kier alpha value is -1.96. The lowest BCUT2D eigenvalue weighted by Crippen LogP contribution is -2.09. The Kier molecular flexibility index (Phi) is 3.39. The van der Waals surface area contributed by atoms with Crippen molar-refractivity contribution in [3.8, 4) is 5.75 Å². The van der Waals surface area contributed by atoms with Gasteiger partial charge in [0, 0.05) is 5.69 Å². The van der Waals surface area contributed by atoms with Crippen molar-refractivity contribution in [1.29, 1.82) is 0 Å². The molecule has 0 spiro atoms. The lowest BCUT2D eigenvalue weighted by Gasteiger charge is -2.20. The van der Waals surface area contributed by atoms with Crippen molar-refractivity contribution in [2.45, 2.75) is 38.6 Å². The van der Waals surface area contributed by atoms with Crippen LogP contribution >= 0.6 is 0 Å². The van der Waals surface area contributed by atoms with Crippen molar-refractivity contribution in [1.82, 2.24) is 0 Å². The van der Waals surface area contributed by atoms with Crippen LogP contribution in [0, 0.1) is 0 Å².